The van der Waals surface area contributed by atoms with Crippen molar-refractivity contribution in [2.24, 2.45) is 20.0 Å². The van der Waals surface area contributed by atoms with Gasteiger partial charge in [0.2, 0.25) is 0 Å². The molecule has 0 unspecified atom stereocenters. The number of aryl methyl sites for hydroxylation is 2. The van der Waals surface area contributed by atoms with Gasteiger partial charge in [-0.15, -0.1) is 11.8 Å². The molecule has 2 aromatic heterocycles. The van der Waals surface area contributed by atoms with Crippen LogP contribution in [0.2, 0.25) is 0 Å². The summed E-state index contributed by atoms with van der Waals surface area (Å²) in [6, 6.07) is 7.91. The zero-order valence-electron chi connectivity index (χ0n) is 16.3. The molecule has 3 rings (SSSR count). The Morgan fingerprint density at radius 3 is 2.33 bits per heavy atom. The number of aromatic nitrogens is 4. The van der Waals surface area contributed by atoms with Gasteiger partial charge < -0.3 is 0 Å². The lowest BCUT2D eigenvalue weighted by Crippen LogP contribution is -2.37. The fourth-order valence-electron chi connectivity index (χ4n) is 2.76. The van der Waals surface area contributed by atoms with Crippen LogP contribution in [0, 0.1) is 12.8 Å². The van der Waals surface area contributed by atoms with Crippen LogP contribution >= 0.6 is 11.8 Å². The molecule has 0 atom stereocenters. The minimum absolute atomic E-state index is 0.351. The van der Waals surface area contributed by atoms with Crippen molar-refractivity contribution in [1.82, 2.24) is 19.1 Å². The Kier molecular flexibility index (Phi) is 5.51. The van der Waals surface area contributed by atoms with Crippen LogP contribution in [-0.2, 0) is 14.1 Å². The van der Waals surface area contributed by atoms with E-state index in [1.807, 2.05) is 31.2 Å². The van der Waals surface area contributed by atoms with Crippen molar-refractivity contribution in [3.63, 3.8) is 0 Å². The zero-order valence-corrected chi connectivity index (χ0v) is 17.1. The Morgan fingerprint density at radius 1 is 1.04 bits per heavy atom. The van der Waals surface area contributed by atoms with E-state index in [2.05, 4.69) is 18.8 Å². The number of rotatable bonds is 5. The van der Waals surface area contributed by atoms with Gasteiger partial charge >= 0.3 is 5.69 Å². The molecule has 7 heteroatoms. The van der Waals surface area contributed by atoms with E-state index in [9.17, 15) is 9.59 Å². The van der Waals surface area contributed by atoms with Gasteiger partial charge in [-0.25, -0.2) is 14.8 Å². The fourth-order valence-corrected chi connectivity index (χ4v) is 4.01. The standard InChI is InChI=1S/C20H24N4O2S/c1-12(2)10-11-27-18-15-17(23(4)20(26)24(5)19(15)25)21-16(22-18)14-8-6-13(3)7-9-14/h6-9,12H,10-11H2,1-5H3. The van der Waals surface area contributed by atoms with Gasteiger partial charge in [0.05, 0.1) is 0 Å². The summed E-state index contributed by atoms with van der Waals surface area (Å²) in [5.74, 6) is 1.94. The molecule has 0 radical (unpaired) electrons. The second-order valence-corrected chi connectivity index (χ2v) is 8.24. The van der Waals surface area contributed by atoms with Crippen LogP contribution in [0.1, 0.15) is 25.8 Å². The highest BCUT2D eigenvalue weighted by molar-refractivity contribution is 7.99. The van der Waals surface area contributed by atoms with Crippen LogP contribution in [0.25, 0.3) is 22.4 Å². The van der Waals surface area contributed by atoms with Gasteiger partial charge in [0, 0.05) is 19.7 Å². The molecular formula is C20H24N4O2S. The third kappa shape index (κ3) is 3.83. The summed E-state index contributed by atoms with van der Waals surface area (Å²) in [6.07, 6.45) is 1.02. The Morgan fingerprint density at radius 2 is 1.70 bits per heavy atom. The summed E-state index contributed by atoms with van der Waals surface area (Å²) in [7, 11) is 3.12. The molecule has 6 nitrogen and oxygen atoms in total. The summed E-state index contributed by atoms with van der Waals surface area (Å²) < 4.78 is 2.53. The molecule has 0 fully saturated rings. The normalized spacial score (nSPS) is 11.5. The predicted octanol–water partition coefficient (Wildman–Crippen LogP) is 3.14. The Labute approximate surface area is 162 Å². The molecule has 0 aliphatic rings. The van der Waals surface area contributed by atoms with E-state index < -0.39 is 0 Å². The smallest absolute Gasteiger partial charge is 0.280 e. The van der Waals surface area contributed by atoms with Crippen molar-refractivity contribution >= 4 is 22.8 Å². The van der Waals surface area contributed by atoms with E-state index in [-0.39, 0.29) is 11.2 Å². The van der Waals surface area contributed by atoms with Gasteiger partial charge in [0.25, 0.3) is 5.56 Å². The van der Waals surface area contributed by atoms with E-state index >= 15 is 0 Å². The number of thioether (sulfide) groups is 1. The zero-order chi connectivity index (χ0) is 19.7. The van der Waals surface area contributed by atoms with Crippen LogP contribution < -0.4 is 11.2 Å². The molecule has 0 saturated carbocycles. The summed E-state index contributed by atoms with van der Waals surface area (Å²) in [5.41, 5.74) is 1.64. The van der Waals surface area contributed by atoms with Crippen molar-refractivity contribution in [1.29, 1.82) is 0 Å². The first-order chi connectivity index (χ1) is 12.8. The minimum atomic E-state index is -0.390. The molecule has 0 aliphatic carbocycles. The van der Waals surface area contributed by atoms with Gasteiger partial charge in [-0.1, -0.05) is 43.7 Å². The summed E-state index contributed by atoms with van der Waals surface area (Å²) in [5, 5.41) is 1.04. The van der Waals surface area contributed by atoms with E-state index in [0.29, 0.717) is 27.8 Å². The molecule has 3 aromatic rings. The van der Waals surface area contributed by atoms with Gasteiger partial charge in [0.15, 0.2) is 11.5 Å². The lowest BCUT2D eigenvalue weighted by Gasteiger charge is -2.12. The van der Waals surface area contributed by atoms with Gasteiger partial charge in [0.1, 0.15) is 10.4 Å². The minimum Gasteiger partial charge on any atom is -0.280 e. The molecule has 0 spiro atoms. The first-order valence-electron chi connectivity index (χ1n) is 8.97. The molecule has 0 saturated heterocycles. The monoisotopic (exact) mass is 384 g/mol. The predicted molar refractivity (Wildman–Crippen MR) is 110 cm³/mol. The average Bonchev–Trinajstić information content (AvgIpc) is 2.64. The first kappa shape index (κ1) is 19.4. The van der Waals surface area contributed by atoms with Crippen LogP contribution in [0.15, 0.2) is 38.9 Å². The maximum Gasteiger partial charge on any atom is 0.332 e. The lowest BCUT2D eigenvalue weighted by atomic mass is 10.1. The van der Waals surface area contributed by atoms with Gasteiger partial charge in [-0.3, -0.25) is 13.9 Å². The molecule has 0 N–H and O–H groups in total. The topological polar surface area (TPSA) is 69.8 Å². The lowest BCUT2D eigenvalue weighted by molar-refractivity contribution is 0.632. The highest BCUT2D eigenvalue weighted by Gasteiger charge is 2.18. The van der Waals surface area contributed by atoms with E-state index in [4.69, 9.17) is 4.98 Å². The summed E-state index contributed by atoms with van der Waals surface area (Å²) >= 11 is 1.55. The molecule has 1 aromatic carbocycles. The highest BCUT2D eigenvalue weighted by Crippen LogP contribution is 2.27. The number of hydrogen-bond acceptors (Lipinski definition) is 5. The van der Waals surface area contributed by atoms with Crippen molar-refractivity contribution < 1.29 is 0 Å². The molecule has 27 heavy (non-hydrogen) atoms. The average molecular weight is 385 g/mol. The number of fused-ring (bicyclic) bond motifs is 1. The van der Waals surface area contributed by atoms with Crippen LogP contribution in [0.5, 0.6) is 0 Å². The van der Waals surface area contributed by atoms with Gasteiger partial charge in [-0.05, 0) is 25.0 Å². The number of benzene rings is 1. The summed E-state index contributed by atoms with van der Waals surface area (Å²) in [4.78, 5) is 34.4. The first-order valence-corrected chi connectivity index (χ1v) is 9.95. The van der Waals surface area contributed by atoms with Crippen LogP contribution in [-0.4, -0.2) is 24.9 Å². The molecular weight excluding hydrogens is 360 g/mol. The van der Waals surface area contributed by atoms with Crippen molar-refractivity contribution in [2.45, 2.75) is 32.2 Å². The Hall–Kier alpha value is -2.41. The van der Waals surface area contributed by atoms with Gasteiger partial charge in [-0.2, -0.15) is 0 Å². The van der Waals surface area contributed by atoms with Crippen molar-refractivity contribution in [2.75, 3.05) is 5.75 Å². The number of nitrogens with zero attached hydrogens (tertiary/aromatic N) is 4. The van der Waals surface area contributed by atoms with E-state index in [1.54, 1.807) is 18.8 Å². The van der Waals surface area contributed by atoms with Crippen molar-refractivity contribution in [3.8, 4) is 11.4 Å². The van der Waals surface area contributed by atoms with E-state index in [0.717, 1.165) is 27.9 Å². The third-order valence-electron chi connectivity index (χ3n) is 4.51. The number of hydrogen-bond donors (Lipinski definition) is 0. The fraction of sp³-hybridized carbons (Fsp3) is 0.400. The molecule has 0 amide bonds. The van der Waals surface area contributed by atoms with E-state index in [1.165, 1.54) is 11.6 Å². The molecule has 142 valence electrons. The quantitative estimate of drug-likeness (QED) is 0.499. The highest BCUT2D eigenvalue weighted by atomic mass is 32.2. The maximum atomic E-state index is 12.8. The Balaban J connectivity index is 2.26. The molecule has 0 aliphatic heterocycles. The second kappa shape index (κ2) is 7.68. The maximum absolute atomic E-state index is 12.8. The Bertz CT molecular complexity index is 1100. The summed E-state index contributed by atoms with van der Waals surface area (Å²) in [6.45, 7) is 6.35. The SMILES string of the molecule is Cc1ccc(-c2nc(SCCC(C)C)c3c(=O)n(C)c(=O)n(C)c3n2)cc1. The molecule has 2 heterocycles. The largest absolute Gasteiger partial charge is 0.332 e. The second-order valence-electron chi connectivity index (χ2n) is 7.15. The molecule has 0 bridgehead atoms. The van der Waals surface area contributed by atoms with Crippen LogP contribution in [0.4, 0.5) is 0 Å². The third-order valence-corrected chi connectivity index (χ3v) is 5.52. The van der Waals surface area contributed by atoms with Crippen molar-refractivity contribution in [3.05, 3.63) is 50.7 Å². The van der Waals surface area contributed by atoms with Crippen LogP contribution in [0.3, 0.4) is 0 Å².